The molecule has 2 aliphatic rings. The summed E-state index contributed by atoms with van der Waals surface area (Å²) in [5, 5.41) is 0. The van der Waals surface area contributed by atoms with Crippen LogP contribution >= 0.6 is 15.6 Å². The van der Waals surface area contributed by atoms with Crippen LogP contribution in [-0.4, -0.2) is 47.8 Å². The summed E-state index contributed by atoms with van der Waals surface area (Å²) in [6.07, 6.45) is 6.90. The second-order valence-electron chi connectivity index (χ2n) is 6.76. The van der Waals surface area contributed by atoms with Crippen molar-refractivity contribution in [2.45, 2.75) is 76.0 Å². The summed E-state index contributed by atoms with van der Waals surface area (Å²) in [7, 11) is 5.14. The van der Waals surface area contributed by atoms with Gasteiger partial charge in [0.2, 0.25) is 0 Å². The first-order valence-corrected chi connectivity index (χ1v) is 10.7. The first-order chi connectivity index (χ1) is 8.43. The van der Waals surface area contributed by atoms with Gasteiger partial charge in [-0.1, -0.05) is 27.7 Å². The summed E-state index contributed by atoms with van der Waals surface area (Å²) in [5.41, 5.74) is 4.02. The highest BCUT2D eigenvalue weighted by atomic mass is 31.2. The van der Waals surface area contributed by atoms with E-state index < -0.39 is 0 Å². The molecule has 18 heavy (non-hydrogen) atoms. The molecule has 0 aromatic rings. The van der Waals surface area contributed by atoms with E-state index in [2.05, 4.69) is 46.6 Å². The van der Waals surface area contributed by atoms with E-state index in [4.69, 9.17) is 0 Å². The SMILES string of the molecule is C[C@@H]1CC[C@@H](C)P1B(N(C)C)P1[C@H](C)CC[C@H]1C. The molecule has 0 amide bonds. The third-order valence-electron chi connectivity index (χ3n) is 5.04. The van der Waals surface area contributed by atoms with Crippen molar-refractivity contribution < 1.29 is 0 Å². The van der Waals surface area contributed by atoms with Gasteiger partial charge in [-0.2, -0.15) is 0 Å². The molecule has 0 bridgehead atoms. The molecule has 0 aromatic heterocycles. The Morgan fingerprint density at radius 3 is 1.22 bits per heavy atom. The van der Waals surface area contributed by atoms with Crippen molar-refractivity contribution in [2.75, 3.05) is 14.1 Å². The van der Waals surface area contributed by atoms with Crippen LogP contribution in [0.15, 0.2) is 0 Å². The number of nitrogens with zero attached hydrogens (tertiary/aromatic N) is 1. The first kappa shape index (κ1) is 15.3. The fraction of sp³-hybridized carbons (Fsp3) is 1.00. The topological polar surface area (TPSA) is 3.24 Å². The van der Waals surface area contributed by atoms with Crippen LogP contribution in [0.5, 0.6) is 0 Å². The van der Waals surface area contributed by atoms with Crippen LogP contribution < -0.4 is 0 Å². The van der Waals surface area contributed by atoms with Crippen molar-refractivity contribution in [2.24, 2.45) is 0 Å². The molecule has 0 unspecified atom stereocenters. The predicted molar refractivity (Wildman–Crippen MR) is 89.6 cm³/mol. The van der Waals surface area contributed by atoms with Crippen LogP contribution in [-0.2, 0) is 0 Å². The van der Waals surface area contributed by atoms with Crippen LogP contribution in [0.2, 0.25) is 0 Å². The van der Waals surface area contributed by atoms with E-state index in [0.717, 1.165) is 28.9 Å². The number of rotatable bonds is 3. The molecule has 0 spiro atoms. The summed E-state index contributed by atoms with van der Waals surface area (Å²) in [5.74, 6) is 0. The summed E-state index contributed by atoms with van der Waals surface area (Å²) < 4.78 is 0. The molecule has 0 N–H and O–H groups in total. The average Bonchev–Trinajstić information content (AvgIpc) is 2.78. The predicted octanol–water partition coefficient (Wildman–Crippen LogP) is 4.64. The average molecular weight is 285 g/mol. The Labute approximate surface area is 117 Å². The van der Waals surface area contributed by atoms with Crippen LogP contribution in [0.25, 0.3) is 0 Å². The fourth-order valence-corrected chi connectivity index (χ4v) is 14.4. The van der Waals surface area contributed by atoms with Gasteiger partial charge in [-0.05, 0) is 62.4 Å². The minimum Gasteiger partial charge on any atom is -0.340 e. The van der Waals surface area contributed by atoms with Crippen molar-refractivity contribution in [3.63, 3.8) is 0 Å². The van der Waals surface area contributed by atoms with Crippen LogP contribution in [0.3, 0.4) is 0 Å². The van der Waals surface area contributed by atoms with Crippen molar-refractivity contribution in [3.8, 4) is 0 Å². The van der Waals surface area contributed by atoms with Crippen LogP contribution in [0, 0.1) is 0 Å². The van der Waals surface area contributed by atoms with Crippen LogP contribution in [0.4, 0.5) is 0 Å². The van der Waals surface area contributed by atoms with Gasteiger partial charge in [0.1, 0.15) is 0 Å². The molecule has 104 valence electrons. The largest absolute Gasteiger partial charge is 0.340 e. The summed E-state index contributed by atoms with van der Waals surface area (Å²) in [6.45, 7) is 10.1. The summed E-state index contributed by atoms with van der Waals surface area (Å²) in [4.78, 5) is 2.62. The zero-order chi connectivity index (χ0) is 13.4. The van der Waals surface area contributed by atoms with Gasteiger partial charge in [0, 0.05) is 0 Å². The normalized spacial score (nSPS) is 38.8. The fourth-order valence-electron chi connectivity index (χ4n) is 4.03. The Balaban J connectivity index is 2.22. The molecule has 4 heteroatoms. The van der Waals surface area contributed by atoms with Crippen molar-refractivity contribution >= 4 is 21.9 Å². The Bertz CT molecular complexity index is 243. The van der Waals surface area contributed by atoms with Crippen LogP contribution in [0.1, 0.15) is 53.4 Å². The lowest BCUT2D eigenvalue weighted by Crippen LogP contribution is -2.36. The molecule has 2 fully saturated rings. The van der Waals surface area contributed by atoms with Gasteiger partial charge in [0.25, 0.3) is 6.29 Å². The molecule has 2 saturated heterocycles. The zero-order valence-electron chi connectivity index (χ0n) is 13.1. The van der Waals surface area contributed by atoms with E-state index in [0.29, 0.717) is 0 Å². The molecule has 2 heterocycles. The second-order valence-corrected chi connectivity index (χ2v) is 13.5. The summed E-state index contributed by atoms with van der Waals surface area (Å²) >= 11 is 0. The zero-order valence-corrected chi connectivity index (χ0v) is 14.8. The van der Waals surface area contributed by atoms with Gasteiger partial charge in [-0.15, -0.1) is 15.6 Å². The van der Waals surface area contributed by atoms with Gasteiger partial charge >= 0.3 is 0 Å². The monoisotopic (exact) mass is 285 g/mol. The van der Waals surface area contributed by atoms with E-state index in [1.165, 1.54) is 25.7 Å². The third-order valence-corrected chi connectivity index (χ3v) is 13.7. The Hall–Kier alpha value is 0.885. The Morgan fingerprint density at radius 2 is 1.00 bits per heavy atom. The smallest absolute Gasteiger partial charge is 0.282 e. The highest BCUT2D eigenvalue weighted by molar-refractivity contribution is 8.20. The van der Waals surface area contributed by atoms with Gasteiger partial charge in [0.15, 0.2) is 0 Å². The molecule has 4 atom stereocenters. The molecule has 0 saturated carbocycles. The van der Waals surface area contributed by atoms with Gasteiger partial charge < -0.3 is 4.81 Å². The maximum Gasteiger partial charge on any atom is 0.282 e. The highest BCUT2D eigenvalue weighted by Gasteiger charge is 2.48. The lowest BCUT2D eigenvalue weighted by molar-refractivity contribution is 0.666. The van der Waals surface area contributed by atoms with Gasteiger partial charge in [-0.25, -0.2) is 0 Å². The van der Waals surface area contributed by atoms with E-state index in [9.17, 15) is 0 Å². The maximum atomic E-state index is 2.62. The van der Waals surface area contributed by atoms with Crippen molar-refractivity contribution in [1.82, 2.24) is 4.81 Å². The van der Waals surface area contributed by atoms with E-state index in [-0.39, 0.29) is 15.6 Å². The lowest BCUT2D eigenvalue weighted by atomic mass is 10.2. The number of hydrogen-bond donors (Lipinski definition) is 0. The first-order valence-electron chi connectivity index (χ1n) is 7.64. The minimum atomic E-state index is 0.220. The molecular weight excluding hydrogens is 255 g/mol. The maximum absolute atomic E-state index is 2.62. The summed E-state index contributed by atoms with van der Waals surface area (Å²) in [6, 6.07) is 0. The highest BCUT2D eigenvalue weighted by Crippen LogP contribution is 2.70. The number of hydrogen-bond acceptors (Lipinski definition) is 1. The van der Waals surface area contributed by atoms with Crippen molar-refractivity contribution in [3.05, 3.63) is 0 Å². The molecule has 0 radical (unpaired) electrons. The minimum absolute atomic E-state index is 0.220. The Morgan fingerprint density at radius 1 is 0.722 bits per heavy atom. The lowest BCUT2D eigenvalue weighted by Gasteiger charge is -2.40. The van der Waals surface area contributed by atoms with Gasteiger partial charge in [0.05, 0.1) is 0 Å². The standard InChI is InChI=1S/C14H30BNP2/c1-11-7-8-12(2)17(11)15(16(5)6)18-13(3)9-10-14(18)4/h11-14H,7-10H2,1-6H3/t11-,12-,13-,14-/m1/s1. The van der Waals surface area contributed by atoms with E-state index in [1.807, 2.05) is 0 Å². The molecule has 2 aliphatic heterocycles. The quantitative estimate of drug-likeness (QED) is 0.539. The third kappa shape index (κ3) is 2.82. The molecule has 0 aliphatic carbocycles. The molecule has 1 nitrogen and oxygen atoms in total. The van der Waals surface area contributed by atoms with Gasteiger partial charge in [-0.3, -0.25) is 0 Å². The van der Waals surface area contributed by atoms with E-state index >= 15 is 0 Å². The molecular formula is C14H30BNP2. The van der Waals surface area contributed by atoms with Crippen molar-refractivity contribution in [1.29, 1.82) is 0 Å². The molecule has 0 aromatic carbocycles. The second kappa shape index (κ2) is 6.11. The Kier molecular flexibility index (Phi) is 5.19. The molecule has 2 rings (SSSR count). The van der Waals surface area contributed by atoms with E-state index in [1.54, 1.807) is 0 Å².